The van der Waals surface area contributed by atoms with Crippen LogP contribution < -0.4 is 0 Å². The highest BCUT2D eigenvalue weighted by Gasteiger charge is 2.50. The Kier molecular flexibility index (Phi) is 3.78. The Morgan fingerprint density at radius 3 is 2.44 bits per heavy atom. The van der Waals surface area contributed by atoms with E-state index >= 15 is 0 Å². The van der Waals surface area contributed by atoms with E-state index in [1.807, 2.05) is 0 Å². The molecule has 0 bridgehead atoms. The van der Waals surface area contributed by atoms with Crippen molar-refractivity contribution in [1.82, 2.24) is 4.90 Å². The fourth-order valence-electron chi connectivity index (χ4n) is 1.72. The van der Waals surface area contributed by atoms with Gasteiger partial charge in [-0.3, -0.25) is 9.69 Å². The quantitative estimate of drug-likeness (QED) is 0.717. The van der Waals surface area contributed by atoms with Gasteiger partial charge in [-0.25, -0.2) is 13.6 Å². The number of carbonyl (C=O) groups is 2. The lowest BCUT2D eigenvalue weighted by Crippen LogP contribution is -2.43. The van der Waals surface area contributed by atoms with Gasteiger partial charge < -0.3 is 4.74 Å². The first-order valence-electron chi connectivity index (χ1n) is 5.59. The minimum Gasteiger partial charge on any atom is -0.444 e. The highest BCUT2D eigenvalue weighted by molar-refractivity contribution is 5.96. The van der Waals surface area contributed by atoms with Crippen molar-refractivity contribution in [1.29, 1.82) is 0 Å². The average Bonchev–Trinajstić information content (AvgIpc) is 2.51. The van der Waals surface area contributed by atoms with Gasteiger partial charge in [-0.1, -0.05) is 6.58 Å². The summed E-state index contributed by atoms with van der Waals surface area (Å²) in [5, 5.41) is 0. The molecule has 18 heavy (non-hydrogen) atoms. The van der Waals surface area contributed by atoms with Crippen LogP contribution in [0.5, 0.6) is 0 Å². The second-order valence-corrected chi connectivity index (χ2v) is 5.29. The van der Waals surface area contributed by atoms with E-state index in [1.165, 1.54) is 0 Å². The minimum absolute atomic E-state index is 0.599. The van der Waals surface area contributed by atoms with E-state index in [1.54, 1.807) is 20.8 Å². The zero-order valence-electron chi connectivity index (χ0n) is 10.7. The SMILES string of the molecule is C=CC(=O)[C@@H]1CC(F)(F)CN1C(=O)OC(C)(C)C. The molecule has 1 aliphatic heterocycles. The summed E-state index contributed by atoms with van der Waals surface area (Å²) in [4.78, 5) is 24.0. The fourth-order valence-corrected chi connectivity index (χ4v) is 1.72. The maximum Gasteiger partial charge on any atom is 0.411 e. The van der Waals surface area contributed by atoms with Crippen LogP contribution in [0.4, 0.5) is 13.6 Å². The van der Waals surface area contributed by atoms with Gasteiger partial charge in [0.1, 0.15) is 11.6 Å². The maximum absolute atomic E-state index is 13.3. The normalized spacial score (nSPS) is 22.7. The van der Waals surface area contributed by atoms with E-state index in [9.17, 15) is 18.4 Å². The van der Waals surface area contributed by atoms with Gasteiger partial charge in [-0.05, 0) is 26.8 Å². The molecule has 0 aromatic rings. The number of rotatable bonds is 2. The van der Waals surface area contributed by atoms with Crippen LogP contribution in [0.25, 0.3) is 0 Å². The summed E-state index contributed by atoms with van der Waals surface area (Å²) >= 11 is 0. The van der Waals surface area contributed by atoms with Crippen molar-refractivity contribution in [3.63, 3.8) is 0 Å². The number of likely N-dealkylation sites (tertiary alicyclic amines) is 1. The molecule has 0 aliphatic carbocycles. The minimum atomic E-state index is -3.07. The number of ether oxygens (including phenoxy) is 1. The molecular weight excluding hydrogens is 244 g/mol. The first kappa shape index (κ1) is 14.6. The topological polar surface area (TPSA) is 46.6 Å². The Balaban J connectivity index is 2.87. The monoisotopic (exact) mass is 261 g/mol. The number of hydrogen-bond acceptors (Lipinski definition) is 3. The van der Waals surface area contributed by atoms with Crippen LogP contribution in [-0.4, -0.2) is 40.9 Å². The Morgan fingerprint density at radius 1 is 1.44 bits per heavy atom. The molecule has 102 valence electrons. The number of hydrogen-bond donors (Lipinski definition) is 0. The largest absolute Gasteiger partial charge is 0.444 e. The van der Waals surface area contributed by atoms with Gasteiger partial charge in [0.2, 0.25) is 0 Å². The summed E-state index contributed by atoms with van der Waals surface area (Å²) in [6.07, 6.45) is -0.638. The van der Waals surface area contributed by atoms with E-state index in [0.717, 1.165) is 11.0 Å². The third-order valence-corrected chi connectivity index (χ3v) is 2.43. The molecule has 6 heteroatoms. The van der Waals surface area contributed by atoms with Crippen molar-refractivity contribution >= 4 is 11.9 Å². The molecule has 0 spiro atoms. The molecular formula is C12H17F2NO3. The van der Waals surface area contributed by atoms with Crippen molar-refractivity contribution in [3.05, 3.63) is 12.7 Å². The van der Waals surface area contributed by atoms with Gasteiger partial charge in [0.15, 0.2) is 5.78 Å². The average molecular weight is 261 g/mol. The lowest BCUT2D eigenvalue weighted by molar-refractivity contribution is -0.118. The molecule has 1 saturated heterocycles. The van der Waals surface area contributed by atoms with Crippen molar-refractivity contribution in [2.45, 2.75) is 44.8 Å². The third kappa shape index (κ3) is 3.51. The standard InChI is InChI=1S/C12H17F2NO3/c1-5-9(16)8-6-12(13,14)7-15(8)10(17)18-11(2,3)4/h5,8H,1,6-7H2,2-4H3/t8-/m0/s1. The molecule has 1 amide bonds. The van der Waals surface area contributed by atoms with E-state index in [4.69, 9.17) is 4.74 Å². The fraction of sp³-hybridized carbons (Fsp3) is 0.667. The van der Waals surface area contributed by atoms with Crippen LogP contribution >= 0.6 is 0 Å². The van der Waals surface area contributed by atoms with Gasteiger partial charge >= 0.3 is 6.09 Å². The lowest BCUT2D eigenvalue weighted by atomic mass is 10.1. The summed E-state index contributed by atoms with van der Waals surface area (Å²) in [5.41, 5.74) is -0.795. The van der Waals surface area contributed by atoms with E-state index in [0.29, 0.717) is 0 Å². The Bertz CT molecular complexity index is 374. The zero-order valence-corrected chi connectivity index (χ0v) is 10.7. The third-order valence-electron chi connectivity index (χ3n) is 2.43. The van der Waals surface area contributed by atoms with E-state index < -0.39 is 42.4 Å². The van der Waals surface area contributed by atoms with E-state index in [-0.39, 0.29) is 0 Å². The van der Waals surface area contributed by atoms with Crippen LogP contribution in [-0.2, 0) is 9.53 Å². The van der Waals surface area contributed by atoms with Gasteiger partial charge in [0.05, 0.1) is 6.54 Å². The molecule has 1 atom stereocenters. The predicted octanol–water partition coefficient (Wildman–Crippen LogP) is 2.39. The molecule has 0 unspecified atom stereocenters. The highest BCUT2D eigenvalue weighted by atomic mass is 19.3. The van der Waals surface area contributed by atoms with Crippen LogP contribution in [0, 0.1) is 0 Å². The van der Waals surface area contributed by atoms with Gasteiger partial charge in [-0.2, -0.15) is 0 Å². The van der Waals surface area contributed by atoms with Crippen molar-refractivity contribution < 1.29 is 23.1 Å². The zero-order chi connectivity index (χ0) is 14.1. The number of nitrogens with zero attached hydrogens (tertiary/aromatic N) is 1. The van der Waals surface area contributed by atoms with Crippen LogP contribution in [0.15, 0.2) is 12.7 Å². The summed E-state index contributed by atoms with van der Waals surface area (Å²) in [7, 11) is 0. The first-order chi connectivity index (χ1) is 8.06. The molecule has 0 saturated carbocycles. The van der Waals surface area contributed by atoms with Crippen molar-refractivity contribution in [3.8, 4) is 0 Å². The number of amides is 1. The molecule has 1 aliphatic rings. The lowest BCUT2D eigenvalue weighted by Gasteiger charge is -2.27. The molecule has 1 fully saturated rings. The highest BCUT2D eigenvalue weighted by Crippen LogP contribution is 2.33. The summed E-state index contributed by atoms with van der Waals surface area (Å²) < 4.78 is 31.6. The molecule has 1 rings (SSSR count). The van der Waals surface area contributed by atoms with Crippen molar-refractivity contribution in [2.24, 2.45) is 0 Å². The number of alkyl halides is 2. The maximum atomic E-state index is 13.3. The molecule has 0 radical (unpaired) electrons. The molecule has 0 N–H and O–H groups in total. The van der Waals surface area contributed by atoms with Gasteiger partial charge in [0.25, 0.3) is 5.92 Å². The smallest absolute Gasteiger partial charge is 0.411 e. The Morgan fingerprint density at radius 2 is 2.00 bits per heavy atom. The van der Waals surface area contributed by atoms with Crippen LogP contribution in [0.3, 0.4) is 0 Å². The second kappa shape index (κ2) is 4.66. The Labute approximate surface area is 105 Å². The van der Waals surface area contributed by atoms with Gasteiger partial charge in [0, 0.05) is 6.42 Å². The van der Waals surface area contributed by atoms with Gasteiger partial charge in [-0.15, -0.1) is 0 Å². The number of halogens is 2. The van der Waals surface area contributed by atoms with Crippen molar-refractivity contribution in [2.75, 3.05) is 6.54 Å². The molecule has 0 aromatic carbocycles. The summed E-state index contributed by atoms with van der Waals surface area (Å²) in [5.74, 6) is -3.67. The number of ketones is 1. The first-order valence-corrected chi connectivity index (χ1v) is 5.59. The predicted molar refractivity (Wildman–Crippen MR) is 61.5 cm³/mol. The summed E-state index contributed by atoms with van der Waals surface area (Å²) in [6, 6.07) is -1.19. The second-order valence-electron chi connectivity index (χ2n) is 5.29. The molecule has 1 heterocycles. The Hall–Kier alpha value is -1.46. The number of carbonyl (C=O) groups excluding carboxylic acids is 2. The molecule has 0 aromatic heterocycles. The van der Waals surface area contributed by atoms with E-state index in [2.05, 4.69) is 6.58 Å². The summed E-state index contributed by atoms with van der Waals surface area (Å²) in [6.45, 7) is 7.33. The molecule has 4 nitrogen and oxygen atoms in total. The van der Waals surface area contributed by atoms with Crippen LogP contribution in [0.2, 0.25) is 0 Å². The van der Waals surface area contributed by atoms with Crippen LogP contribution in [0.1, 0.15) is 27.2 Å².